The minimum absolute atomic E-state index is 0.144. The summed E-state index contributed by atoms with van der Waals surface area (Å²) in [5.74, 6) is 2.45. The molecule has 4 aliphatic rings. The molecule has 0 saturated heterocycles. The lowest BCUT2D eigenvalue weighted by Gasteiger charge is -2.48. The van der Waals surface area contributed by atoms with E-state index < -0.39 is 12.3 Å². The van der Waals surface area contributed by atoms with Crippen molar-refractivity contribution in [1.29, 1.82) is 0 Å². The lowest BCUT2D eigenvalue weighted by molar-refractivity contribution is -0.0535. The number of aliphatic hydroxyl groups excluding tert-OH is 2. The van der Waals surface area contributed by atoms with Crippen LogP contribution in [-0.2, 0) is 6.42 Å². The zero-order chi connectivity index (χ0) is 18.3. The number of benzene rings is 2. The molecule has 0 aromatic heterocycles. The van der Waals surface area contributed by atoms with E-state index in [1.165, 1.54) is 0 Å². The van der Waals surface area contributed by atoms with Crippen molar-refractivity contribution in [2.24, 2.45) is 0 Å². The zero-order valence-corrected chi connectivity index (χ0v) is 14.7. The first kappa shape index (κ1) is 15.6. The molecule has 2 aromatic rings. The van der Waals surface area contributed by atoms with Gasteiger partial charge in [-0.1, -0.05) is 6.07 Å². The molecular weight excluding hydrogens is 350 g/mol. The maximum atomic E-state index is 11.1. The van der Waals surface area contributed by atoms with Gasteiger partial charge < -0.3 is 29.2 Å². The number of rotatable bonds is 0. The fourth-order valence-electron chi connectivity index (χ4n) is 4.98. The van der Waals surface area contributed by atoms with Crippen LogP contribution in [-0.4, -0.2) is 41.9 Å². The van der Waals surface area contributed by atoms with Crippen LogP contribution in [0.25, 0.3) is 0 Å². The Kier molecular flexibility index (Phi) is 3.05. The molecule has 3 heterocycles. The van der Waals surface area contributed by atoms with Gasteiger partial charge >= 0.3 is 0 Å². The molecule has 6 rings (SSSR count). The minimum Gasteiger partial charge on any atom is -0.454 e. The van der Waals surface area contributed by atoms with Crippen molar-refractivity contribution in [2.75, 3.05) is 20.6 Å². The van der Waals surface area contributed by atoms with Crippen molar-refractivity contribution in [3.05, 3.63) is 46.5 Å². The third-order valence-corrected chi connectivity index (χ3v) is 6.19. The van der Waals surface area contributed by atoms with Gasteiger partial charge in [-0.15, -0.1) is 0 Å². The van der Waals surface area contributed by atoms with Crippen LogP contribution < -0.4 is 18.9 Å². The quantitative estimate of drug-likeness (QED) is 0.733. The molecule has 0 unspecified atom stereocenters. The SMILES string of the molecule is CN1[C@H](O)c2c(ccc3c2OCO3)[C@@H]2[C@H](O)Cc3cc4c(cc3[C@@H]21)OCO4. The van der Waals surface area contributed by atoms with Crippen molar-refractivity contribution in [1.82, 2.24) is 4.90 Å². The normalized spacial score (nSPS) is 29.9. The highest BCUT2D eigenvalue weighted by Gasteiger charge is 2.48. The Morgan fingerprint density at radius 1 is 0.926 bits per heavy atom. The van der Waals surface area contributed by atoms with E-state index in [1.54, 1.807) is 0 Å². The largest absolute Gasteiger partial charge is 0.454 e. The molecule has 7 nitrogen and oxygen atoms in total. The van der Waals surface area contributed by atoms with Gasteiger partial charge in [0, 0.05) is 17.5 Å². The van der Waals surface area contributed by atoms with Crippen LogP contribution in [0.4, 0.5) is 0 Å². The van der Waals surface area contributed by atoms with Crippen LogP contribution in [0.15, 0.2) is 24.3 Å². The van der Waals surface area contributed by atoms with Crippen LogP contribution in [0.5, 0.6) is 23.0 Å². The topological polar surface area (TPSA) is 80.6 Å². The van der Waals surface area contributed by atoms with E-state index in [-0.39, 0.29) is 25.5 Å². The molecule has 2 aromatic carbocycles. The second kappa shape index (κ2) is 5.28. The average Bonchev–Trinajstić information content (AvgIpc) is 3.31. The van der Waals surface area contributed by atoms with Gasteiger partial charge in [0.05, 0.1) is 6.10 Å². The smallest absolute Gasteiger partial charge is 0.231 e. The highest BCUT2D eigenvalue weighted by atomic mass is 16.7. The van der Waals surface area contributed by atoms with E-state index >= 15 is 0 Å². The summed E-state index contributed by atoms with van der Waals surface area (Å²) in [6.45, 7) is 0.352. The number of aliphatic hydroxyl groups is 2. The Morgan fingerprint density at radius 2 is 1.67 bits per heavy atom. The van der Waals surface area contributed by atoms with Crippen LogP contribution in [0.2, 0.25) is 0 Å². The van der Waals surface area contributed by atoms with E-state index in [0.29, 0.717) is 35.0 Å². The molecule has 0 saturated carbocycles. The molecule has 0 amide bonds. The Labute approximate surface area is 155 Å². The zero-order valence-electron chi connectivity index (χ0n) is 14.7. The van der Waals surface area contributed by atoms with Gasteiger partial charge in [-0.25, -0.2) is 0 Å². The molecule has 27 heavy (non-hydrogen) atoms. The van der Waals surface area contributed by atoms with Gasteiger partial charge in [0.1, 0.15) is 6.23 Å². The summed E-state index contributed by atoms with van der Waals surface area (Å²) in [5, 5.41) is 22.1. The maximum Gasteiger partial charge on any atom is 0.231 e. The maximum absolute atomic E-state index is 11.1. The fourth-order valence-corrected chi connectivity index (χ4v) is 4.98. The highest BCUT2D eigenvalue weighted by Crippen LogP contribution is 2.56. The number of ether oxygens (including phenoxy) is 4. The predicted octanol–water partition coefficient (Wildman–Crippen LogP) is 1.82. The van der Waals surface area contributed by atoms with Crippen LogP contribution in [0, 0.1) is 0 Å². The first-order valence-corrected chi connectivity index (χ1v) is 9.06. The van der Waals surface area contributed by atoms with Gasteiger partial charge in [-0.3, -0.25) is 4.90 Å². The second-order valence-electron chi connectivity index (χ2n) is 7.49. The van der Waals surface area contributed by atoms with Crippen molar-refractivity contribution >= 4 is 0 Å². The number of hydrogen-bond donors (Lipinski definition) is 2. The summed E-state index contributed by atoms with van der Waals surface area (Å²) in [4.78, 5) is 1.89. The summed E-state index contributed by atoms with van der Waals surface area (Å²) in [6, 6.07) is 7.56. The number of nitrogens with zero attached hydrogens (tertiary/aromatic N) is 1. The summed E-state index contributed by atoms with van der Waals surface area (Å²) in [6.07, 6.45) is -0.927. The van der Waals surface area contributed by atoms with E-state index in [4.69, 9.17) is 18.9 Å². The van der Waals surface area contributed by atoms with Crippen molar-refractivity contribution in [3.63, 3.8) is 0 Å². The molecule has 0 bridgehead atoms. The highest BCUT2D eigenvalue weighted by molar-refractivity contribution is 5.58. The molecule has 4 atom stereocenters. The molecule has 2 N–H and O–H groups in total. The van der Waals surface area contributed by atoms with Gasteiger partial charge in [0.25, 0.3) is 0 Å². The molecular formula is C20H19NO6. The average molecular weight is 369 g/mol. The summed E-state index contributed by atoms with van der Waals surface area (Å²) < 4.78 is 22.2. The van der Waals surface area contributed by atoms with Crippen LogP contribution in [0.3, 0.4) is 0 Å². The number of hydrogen-bond acceptors (Lipinski definition) is 7. The molecule has 7 heteroatoms. The lowest BCUT2D eigenvalue weighted by Crippen LogP contribution is -2.45. The Balaban J connectivity index is 1.56. The van der Waals surface area contributed by atoms with E-state index in [1.807, 2.05) is 36.2 Å². The summed E-state index contributed by atoms with van der Waals surface area (Å²) in [5.41, 5.74) is 3.68. The van der Waals surface area contributed by atoms with Crippen molar-refractivity contribution in [2.45, 2.75) is 30.7 Å². The number of likely N-dealkylation sites (N-methyl/N-ethyl adjacent to an activating group) is 1. The Bertz CT molecular complexity index is 960. The first-order valence-electron chi connectivity index (χ1n) is 9.06. The van der Waals surface area contributed by atoms with Gasteiger partial charge in [0.2, 0.25) is 13.6 Å². The van der Waals surface area contributed by atoms with E-state index in [0.717, 1.165) is 16.7 Å². The van der Waals surface area contributed by atoms with Crippen molar-refractivity contribution < 1.29 is 29.2 Å². The molecule has 0 fully saturated rings. The third kappa shape index (κ3) is 1.96. The third-order valence-electron chi connectivity index (χ3n) is 6.19. The van der Waals surface area contributed by atoms with Crippen LogP contribution >= 0.6 is 0 Å². The van der Waals surface area contributed by atoms with Gasteiger partial charge in [0.15, 0.2) is 23.0 Å². The molecule has 3 aliphatic heterocycles. The molecule has 140 valence electrons. The predicted molar refractivity (Wildman–Crippen MR) is 93.0 cm³/mol. The molecule has 0 spiro atoms. The number of fused-ring (bicyclic) bond motifs is 8. The van der Waals surface area contributed by atoms with Crippen molar-refractivity contribution in [3.8, 4) is 23.0 Å². The van der Waals surface area contributed by atoms with Gasteiger partial charge in [-0.2, -0.15) is 0 Å². The first-order chi connectivity index (χ1) is 13.1. The fraction of sp³-hybridized carbons (Fsp3) is 0.400. The second-order valence-corrected chi connectivity index (χ2v) is 7.49. The summed E-state index contributed by atoms with van der Waals surface area (Å²) in [7, 11) is 1.87. The summed E-state index contributed by atoms with van der Waals surface area (Å²) >= 11 is 0. The lowest BCUT2D eigenvalue weighted by atomic mass is 9.70. The van der Waals surface area contributed by atoms with Crippen LogP contribution in [0.1, 0.15) is 40.4 Å². The van der Waals surface area contributed by atoms with E-state index in [9.17, 15) is 10.2 Å². The van der Waals surface area contributed by atoms with E-state index in [2.05, 4.69) is 0 Å². The van der Waals surface area contributed by atoms with Gasteiger partial charge in [-0.05, 0) is 48.4 Å². The minimum atomic E-state index is -0.860. The molecule has 0 radical (unpaired) electrons. The molecule has 1 aliphatic carbocycles. The Hall–Kier alpha value is -2.48. The Morgan fingerprint density at radius 3 is 2.52 bits per heavy atom. The standard InChI is InChI=1S/C20H19NO6/c1-21-18-11-6-15-14(25-7-26-15)5-9(11)4-12(22)16(18)10-2-3-13-19(27-8-24-13)17(10)20(21)23/h2-3,5-6,12,16,18,20,22-23H,4,7-8H2,1H3/t12-,16-,18+,20-/m1/s1. The monoisotopic (exact) mass is 369 g/mol.